The molecule has 1 N–H and O–H groups in total. The Morgan fingerprint density at radius 3 is 2.20 bits per heavy atom. The van der Waals surface area contributed by atoms with Crippen molar-refractivity contribution in [3.8, 4) is 0 Å². The minimum Gasteiger partial charge on any atom is -0.481 e. The maximum atomic E-state index is 12.6. The standard InChI is InChI=1S/C11H11F3O5S/c12-11(13,14)8(10(15)16)6-9(19-20(17)18)7-4-2-1-3-5-7/h1-5,8-9,20H,6H2,(H,15,16). The van der Waals surface area contributed by atoms with Crippen LogP contribution in [0.5, 0.6) is 0 Å². The van der Waals surface area contributed by atoms with E-state index in [1.807, 2.05) is 0 Å². The van der Waals surface area contributed by atoms with Crippen LogP contribution in [0.4, 0.5) is 13.2 Å². The van der Waals surface area contributed by atoms with Crippen LogP contribution < -0.4 is 0 Å². The van der Waals surface area contributed by atoms with E-state index in [4.69, 9.17) is 5.11 Å². The SMILES string of the molecule is O=C(O)C(CC(O[SH](=O)=O)c1ccccc1)C(F)(F)F. The minimum absolute atomic E-state index is 0.155. The van der Waals surface area contributed by atoms with Crippen molar-refractivity contribution < 1.29 is 35.7 Å². The lowest BCUT2D eigenvalue weighted by molar-refractivity contribution is -0.198. The molecule has 0 heterocycles. The zero-order valence-electron chi connectivity index (χ0n) is 9.91. The van der Waals surface area contributed by atoms with Gasteiger partial charge in [0.25, 0.3) is 11.0 Å². The highest BCUT2D eigenvalue weighted by Crippen LogP contribution is 2.35. The molecule has 2 unspecified atom stereocenters. The highest BCUT2D eigenvalue weighted by Gasteiger charge is 2.46. The van der Waals surface area contributed by atoms with Crippen molar-refractivity contribution in [1.82, 2.24) is 0 Å². The first-order valence-electron chi connectivity index (χ1n) is 5.37. The predicted molar refractivity (Wildman–Crippen MR) is 62.4 cm³/mol. The first kappa shape index (κ1) is 16.4. The third-order valence-electron chi connectivity index (χ3n) is 2.53. The summed E-state index contributed by atoms with van der Waals surface area (Å²) in [6.45, 7) is 0. The van der Waals surface area contributed by atoms with E-state index < -0.39 is 41.6 Å². The summed E-state index contributed by atoms with van der Waals surface area (Å²) >= 11 is 0. The van der Waals surface area contributed by atoms with Crippen molar-refractivity contribution in [1.29, 1.82) is 0 Å². The second-order valence-corrected chi connectivity index (χ2v) is 4.55. The molecule has 0 aliphatic heterocycles. The number of benzene rings is 1. The van der Waals surface area contributed by atoms with Crippen LogP contribution in [0, 0.1) is 5.92 Å². The van der Waals surface area contributed by atoms with Gasteiger partial charge in [-0.3, -0.25) is 8.98 Å². The molecule has 1 rings (SSSR count). The molecule has 2 atom stereocenters. The highest BCUT2D eigenvalue weighted by atomic mass is 32.2. The Morgan fingerprint density at radius 1 is 1.25 bits per heavy atom. The molecule has 0 bridgehead atoms. The molecular weight excluding hydrogens is 301 g/mol. The molecule has 1 aromatic carbocycles. The maximum absolute atomic E-state index is 12.6. The van der Waals surface area contributed by atoms with Gasteiger partial charge in [0.2, 0.25) is 0 Å². The van der Waals surface area contributed by atoms with Gasteiger partial charge in [0.05, 0.1) is 0 Å². The molecule has 0 fully saturated rings. The summed E-state index contributed by atoms with van der Waals surface area (Å²) in [7, 11) is -3.41. The largest absolute Gasteiger partial charge is 0.481 e. The topological polar surface area (TPSA) is 80.7 Å². The predicted octanol–water partition coefficient (Wildman–Crippen LogP) is 1.92. The van der Waals surface area contributed by atoms with Crippen molar-refractivity contribution in [2.45, 2.75) is 18.7 Å². The fourth-order valence-corrected chi connectivity index (χ4v) is 2.02. The van der Waals surface area contributed by atoms with Crippen LogP contribution in [-0.4, -0.2) is 25.7 Å². The van der Waals surface area contributed by atoms with Crippen LogP contribution >= 0.6 is 0 Å². The van der Waals surface area contributed by atoms with Crippen molar-refractivity contribution in [2.24, 2.45) is 5.92 Å². The van der Waals surface area contributed by atoms with Crippen LogP contribution in [0.15, 0.2) is 30.3 Å². The van der Waals surface area contributed by atoms with E-state index in [-0.39, 0.29) is 5.56 Å². The molecule has 0 aliphatic carbocycles. The average Bonchev–Trinajstić information content (AvgIpc) is 2.33. The third kappa shape index (κ3) is 4.82. The van der Waals surface area contributed by atoms with Gasteiger partial charge in [0.15, 0.2) is 5.92 Å². The third-order valence-corrected chi connectivity index (χ3v) is 2.95. The Labute approximate surface area is 114 Å². The summed E-state index contributed by atoms with van der Waals surface area (Å²) < 4.78 is 63.3. The van der Waals surface area contributed by atoms with Crippen LogP contribution in [0.1, 0.15) is 18.1 Å². The van der Waals surface area contributed by atoms with Crippen molar-refractivity contribution in [3.05, 3.63) is 35.9 Å². The van der Waals surface area contributed by atoms with Gasteiger partial charge in [-0.2, -0.15) is 13.2 Å². The quantitative estimate of drug-likeness (QED) is 0.785. The fourth-order valence-electron chi connectivity index (χ4n) is 1.60. The first-order chi connectivity index (χ1) is 9.21. The summed E-state index contributed by atoms with van der Waals surface area (Å²) in [5.41, 5.74) is 0.155. The Morgan fingerprint density at radius 2 is 1.80 bits per heavy atom. The Hall–Kier alpha value is -1.61. The molecule has 9 heteroatoms. The van der Waals surface area contributed by atoms with E-state index in [1.54, 1.807) is 6.07 Å². The van der Waals surface area contributed by atoms with Crippen LogP contribution in [0.2, 0.25) is 0 Å². The number of alkyl halides is 3. The monoisotopic (exact) mass is 312 g/mol. The number of hydrogen-bond acceptors (Lipinski definition) is 4. The second-order valence-electron chi connectivity index (χ2n) is 3.90. The maximum Gasteiger partial charge on any atom is 0.402 e. The average molecular weight is 312 g/mol. The van der Waals surface area contributed by atoms with Gasteiger partial charge < -0.3 is 5.11 Å². The van der Waals surface area contributed by atoms with E-state index in [0.29, 0.717) is 0 Å². The van der Waals surface area contributed by atoms with Crippen LogP contribution in [-0.2, 0) is 20.0 Å². The van der Waals surface area contributed by atoms with Gasteiger partial charge in [-0.1, -0.05) is 30.3 Å². The summed E-state index contributed by atoms with van der Waals surface area (Å²) in [6.07, 6.45) is -7.51. The number of carboxylic acids is 1. The normalized spacial score (nSPS) is 15.0. The summed E-state index contributed by atoms with van der Waals surface area (Å²) in [4.78, 5) is 10.7. The first-order valence-corrected chi connectivity index (χ1v) is 6.47. The Bertz CT molecular complexity index is 519. The van der Waals surface area contributed by atoms with Gasteiger partial charge >= 0.3 is 12.1 Å². The van der Waals surface area contributed by atoms with Gasteiger partial charge in [0, 0.05) is 6.42 Å². The molecule has 0 saturated carbocycles. The number of carbonyl (C=O) groups is 1. The van der Waals surface area contributed by atoms with E-state index in [9.17, 15) is 26.4 Å². The number of rotatable bonds is 6. The van der Waals surface area contributed by atoms with E-state index in [0.717, 1.165) is 0 Å². The van der Waals surface area contributed by atoms with Gasteiger partial charge in [0.1, 0.15) is 6.10 Å². The fraction of sp³-hybridized carbons (Fsp3) is 0.364. The van der Waals surface area contributed by atoms with E-state index >= 15 is 0 Å². The lowest BCUT2D eigenvalue weighted by atomic mass is 9.96. The molecule has 0 amide bonds. The number of halogens is 3. The van der Waals surface area contributed by atoms with Gasteiger partial charge in [-0.25, -0.2) is 8.42 Å². The second kappa shape index (κ2) is 6.71. The number of carboxylic acid groups (broad SMARTS) is 1. The molecule has 0 aromatic heterocycles. The zero-order valence-corrected chi connectivity index (χ0v) is 10.8. The van der Waals surface area contributed by atoms with E-state index in [1.165, 1.54) is 24.3 Å². The number of hydrogen-bond donors (Lipinski definition) is 2. The molecule has 0 aliphatic rings. The molecular formula is C11H11F3O5S. The molecule has 0 spiro atoms. The van der Waals surface area contributed by atoms with Crippen molar-refractivity contribution in [2.75, 3.05) is 0 Å². The lowest BCUT2D eigenvalue weighted by Gasteiger charge is -2.21. The Kier molecular flexibility index (Phi) is 5.52. The lowest BCUT2D eigenvalue weighted by Crippen LogP contribution is -2.32. The molecule has 5 nitrogen and oxygen atoms in total. The summed E-state index contributed by atoms with van der Waals surface area (Å²) in [5, 5.41) is 8.61. The molecule has 20 heavy (non-hydrogen) atoms. The Balaban J connectivity index is 3.03. The summed E-state index contributed by atoms with van der Waals surface area (Å²) in [6, 6.07) is 7.26. The van der Waals surface area contributed by atoms with Crippen LogP contribution in [0.25, 0.3) is 0 Å². The van der Waals surface area contributed by atoms with Gasteiger partial charge in [-0.05, 0) is 5.56 Å². The number of thiol groups is 1. The minimum atomic E-state index is -4.99. The highest BCUT2D eigenvalue weighted by molar-refractivity contribution is 7.67. The summed E-state index contributed by atoms with van der Waals surface area (Å²) in [5.74, 6) is -4.79. The molecule has 112 valence electrons. The van der Waals surface area contributed by atoms with Crippen molar-refractivity contribution >= 4 is 17.0 Å². The zero-order chi connectivity index (χ0) is 15.3. The molecule has 0 radical (unpaired) electrons. The smallest absolute Gasteiger partial charge is 0.402 e. The van der Waals surface area contributed by atoms with Crippen molar-refractivity contribution in [3.63, 3.8) is 0 Å². The number of aliphatic carboxylic acids is 1. The molecule has 1 aromatic rings. The van der Waals surface area contributed by atoms with Crippen LogP contribution in [0.3, 0.4) is 0 Å². The molecule has 0 saturated heterocycles. The van der Waals surface area contributed by atoms with E-state index in [2.05, 4.69) is 4.18 Å². The van der Waals surface area contributed by atoms with Gasteiger partial charge in [-0.15, -0.1) is 0 Å².